The number of nitrogens with zero attached hydrogens (tertiary/aromatic N) is 5. The molecule has 180 valence electrons. The number of hydrogen-bond acceptors (Lipinski definition) is 7. The van der Waals surface area contributed by atoms with Gasteiger partial charge in [-0.05, 0) is 49.2 Å². The molecule has 0 fully saturated rings. The number of para-hydroxylation sites is 1. The van der Waals surface area contributed by atoms with Crippen LogP contribution in [0.3, 0.4) is 0 Å². The number of pyridine rings is 2. The zero-order valence-electron chi connectivity index (χ0n) is 19.3. The maximum atomic E-state index is 12.9. The minimum absolute atomic E-state index is 0.0468. The molecule has 11 heteroatoms. The first kappa shape index (κ1) is 23.1. The van der Waals surface area contributed by atoms with Crippen LogP contribution < -0.4 is 4.83 Å². The number of aromatic nitrogens is 3. The number of imidazole rings is 1. The van der Waals surface area contributed by atoms with E-state index in [0.717, 1.165) is 22.0 Å². The summed E-state index contributed by atoms with van der Waals surface area (Å²) in [6, 6.07) is 16.1. The van der Waals surface area contributed by atoms with Crippen molar-refractivity contribution >= 4 is 38.5 Å². The van der Waals surface area contributed by atoms with Gasteiger partial charge in [-0.15, -0.1) is 0 Å². The lowest BCUT2D eigenvalue weighted by Crippen LogP contribution is -2.20. The molecule has 0 radical (unpaired) electrons. The molecule has 3 aromatic heterocycles. The molecule has 0 aliphatic carbocycles. The first-order chi connectivity index (χ1) is 17.2. The summed E-state index contributed by atoms with van der Waals surface area (Å²) in [4.78, 5) is 21.5. The van der Waals surface area contributed by atoms with Crippen LogP contribution in [0.4, 0.5) is 5.69 Å². The Bertz CT molecular complexity index is 1770. The van der Waals surface area contributed by atoms with E-state index in [2.05, 4.69) is 26.0 Å². The van der Waals surface area contributed by atoms with Crippen LogP contribution >= 0.6 is 0 Å². The Balaban J connectivity index is 1.44. The van der Waals surface area contributed by atoms with Crippen molar-refractivity contribution in [2.75, 3.05) is 0 Å². The number of aryl methyl sites for hydroxylation is 2. The molecule has 36 heavy (non-hydrogen) atoms. The van der Waals surface area contributed by atoms with Crippen LogP contribution in [0.2, 0.25) is 0 Å². The summed E-state index contributed by atoms with van der Waals surface area (Å²) < 4.78 is 27.5. The molecule has 0 aliphatic rings. The molecule has 5 aromatic rings. The van der Waals surface area contributed by atoms with E-state index in [4.69, 9.17) is 0 Å². The van der Waals surface area contributed by atoms with Crippen LogP contribution in [-0.4, -0.2) is 33.9 Å². The van der Waals surface area contributed by atoms with Gasteiger partial charge >= 0.3 is 0 Å². The van der Waals surface area contributed by atoms with E-state index in [1.54, 1.807) is 16.8 Å². The summed E-state index contributed by atoms with van der Waals surface area (Å²) in [5.74, 6) is 0. The second-order valence-electron chi connectivity index (χ2n) is 8.26. The molecule has 0 amide bonds. The Morgan fingerprint density at radius 3 is 2.50 bits per heavy atom. The third-order valence-corrected chi connectivity index (χ3v) is 7.28. The van der Waals surface area contributed by atoms with Gasteiger partial charge < -0.3 is 0 Å². The zero-order chi connectivity index (χ0) is 25.4. The van der Waals surface area contributed by atoms with Crippen molar-refractivity contribution in [3.63, 3.8) is 0 Å². The third-order valence-electron chi connectivity index (χ3n) is 5.75. The van der Waals surface area contributed by atoms with Gasteiger partial charge in [-0.3, -0.25) is 19.5 Å². The largest absolute Gasteiger partial charge is 0.298 e. The summed E-state index contributed by atoms with van der Waals surface area (Å²) in [6.07, 6.45) is 6.62. The van der Waals surface area contributed by atoms with Crippen molar-refractivity contribution in [2.24, 2.45) is 5.10 Å². The zero-order valence-corrected chi connectivity index (χ0v) is 20.1. The fraction of sp³-hybridized carbons (Fsp3) is 0.0800. The van der Waals surface area contributed by atoms with Gasteiger partial charge in [-0.25, -0.2) is 4.98 Å². The number of hydrazone groups is 1. The number of hydrogen-bond donors (Lipinski definition) is 1. The number of non-ortho nitro benzene ring substituents is 1. The average Bonchev–Trinajstić information content (AvgIpc) is 3.25. The Kier molecular flexibility index (Phi) is 5.69. The summed E-state index contributed by atoms with van der Waals surface area (Å²) in [6.45, 7) is 3.01. The van der Waals surface area contributed by atoms with Gasteiger partial charge in [0.25, 0.3) is 15.7 Å². The lowest BCUT2D eigenvalue weighted by Gasteiger charge is -2.10. The van der Waals surface area contributed by atoms with E-state index in [-0.39, 0.29) is 21.7 Å². The Hall–Kier alpha value is -4.64. The molecule has 3 heterocycles. The van der Waals surface area contributed by atoms with E-state index < -0.39 is 14.9 Å². The second kappa shape index (κ2) is 8.86. The topological polar surface area (TPSA) is 132 Å². The van der Waals surface area contributed by atoms with E-state index >= 15 is 0 Å². The number of nitrogens with one attached hydrogen (secondary N) is 1. The van der Waals surface area contributed by atoms with Crippen LogP contribution in [0.15, 0.2) is 83.2 Å². The maximum Gasteiger partial charge on any atom is 0.277 e. The van der Waals surface area contributed by atoms with Gasteiger partial charge in [-0.2, -0.15) is 18.4 Å². The molecule has 10 nitrogen and oxygen atoms in total. The van der Waals surface area contributed by atoms with Crippen molar-refractivity contribution in [3.8, 4) is 11.1 Å². The van der Waals surface area contributed by atoms with Crippen molar-refractivity contribution < 1.29 is 13.3 Å². The SMILES string of the molecule is Cc1cc([N+](=O)[O-])cc(C)c1S(=O)(=O)NN=Cc1cnc2ccc(-c3cnc4ccccc4c3)cn12. The molecule has 1 N–H and O–H groups in total. The van der Waals surface area contributed by atoms with Gasteiger partial charge in [0.05, 0.1) is 33.4 Å². The molecule has 5 rings (SSSR count). The van der Waals surface area contributed by atoms with Crippen LogP contribution in [0.1, 0.15) is 16.8 Å². The highest BCUT2D eigenvalue weighted by Gasteiger charge is 2.22. The van der Waals surface area contributed by atoms with Crippen molar-refractivity contribution in [1.82, 2.24) is 19.2 Å². The molecular weight excluding hydrogens is 480 g/mol. The second-order valence-corrected chi connectivity index (χ2v) is 9.86. The highest BCUT2D eigenvalue weighted by molar-refractivity contribution is 7.89. The normalized spacial score (nSPS) is 11.9. The molecular formula is C25H20N6O4S. The van der Waals surface area contributed by atoms with Gasteiger partial charge in [0.2, 0.25) is 0 Å². The van der Waals surface area contributed by atoms with Gasteiger partial charge in [0.15, 0.2) is 0 Å². The first-order valence-corrected chi connectivity index (χ1v) is 12.3. The quantitative estimate of drug-likeness (QED) is 0.209. The number of benzene rings is 2. The average molecular weight is 501 g/mol. The fourth-order valence-corrected chi connectivity index (χ4v) is 5.41. The number of sulfonamides is 1. The van der Waals surface area contributed by atoms with Crippen molar-refractivity contribution in [1.29, 1.82) is 0 Å². The molecule has 0 bridgehead atoms. The molecule has 0 spiro atoms. The summed E-state index contributed by atoms with van der Waals surface area (Å²) >= 11 is 0. The molecule has 0 saturated carbocycles. The van der Waals surface area contributed by atoms with Crippen LogP contribution in [0.5, 0.6) is 0 Å². The third kappa shape index (κ3) is 4.27. The number of fused-ring (bicyclic) bond motifs is 2. The predicted molar refractivity (Wildman–Crippen MR) is 136 cm³/mol. The van der Waals surface area contributed by atoms with Crippen LogP contribution in [-0.2, 0) is 10.0 Å². The monoisotopic (exact) mass is 500 g/mol. The smallest absolute Gasteiger partial charge is 0.277 e. The summed E-state index contributed by atoms with van der Waals surface area (Å²) in [7, 11) is -4.05. The Labute approximate surface area is 206 Å². The minimum atomic E-state index is -4.05. The molecule has 0 saturated heterocycles. The molecule has 2 aromatic carbocycles. The van der Waals surface area contributed by atoms with Gasteiger partial charge in [0.1, 0.15) is 5.65 Å². The number of nitro groups is 1. The Morgan fingerprint density at radius 1 is 1.00 bits per heavy atom. The lowest BCUT2D eigenvalue weighted by atomic mass is 10.1. The predicted octanol–water partition coefficient (Wildman–Crippen LogP) is 4.39. The van der Waals surface area contributed by atoms with Gasteiger partial charge in [-0.1, -0.05) is 18.2 Å². The highest BCUT2D eigenvalue weighted by Crippen LogP contribution is 2.26. The van der Waals surface area contributed by atoms with E-state index in [9.17, 15) is 18.5 Å². The fourth-order valence-electron chi connectivity index (χ4n) is 4.16. The Morgan fingerprint density at radius 2 is 1.75 bits per heavy atom. The van der Waals surface area contributed by atoms with Crippen LogP contribution in [0, 0.1) is 24.0 Å². The van der Waals surface area contributed by atoms with Crippen LogP contribution in [0.25, 0.3) is 27.7 Å². The molecule has 0 unspecified atom stereocenters. The number of nitro benzene ring substituents is 1. The van der Waals surface area contributed by atoms with E-state index in [1.165, 1.54) is 32.2 Å². The van der Waals surface area contributed by atoms with Crippen molar-refractivity contribution in [3.05, 3.63) is 100 Å². The highest BCUT2D eigenvalue weighted by atomic mass is 32.2. The van der Waals surface area contributed by atoms with E-state index in [0.29, 0.717) is 11.3 Å². The van der Waals surface area contributed by atoms with Gasteiger partial charge in [0, 0.05) is 41.0 Å². The van der Waals surface area contributed by atoms with E-state index in [1.807, 2.05) is 42.6 Å². The molecule has 0 atom stereocenters. The summed E-state index contributed by atoms with van der Waals surface area (Å²) in [5.41, 5.74) is 4.31. The minimum Gasteiger partial charge on any atom is -0.298 e. The molecule has 0 aliphatic heterocycles. The summed E-state index contributed by atoms with van der Waals surface area (Å²) in [5, 5.41) is 16.0. The number of rotatable bonds is 6. The maximum absolute atomic E-state index is 12.9. The van der Waals surface area contributed by atoms with Crippen molar-refractivity contribution in [2.45, 2.75) is 18.7 Å². The first-order valence-electron chi connectivity index (χ1n) is 10.9. The lowest BCUT2D eigenvalue weighted by molar-refractivity contribution is -0.385. The standard InChI is InChI=1S/C25H20N6O4S/c1-16-9-21(31(32)33)10-17(2)25(16)36(34,35)29-28-14-22-13-27-24-8-7-19(15-30(22)24)20-11-18-5-3-4-6-23(18)26-12-20/h3-15,29H,1-2H3.